The maximum absolute atomic E-state index is 12.4. The summed E-state index contributed by atoms with van der Waals surface area (Å²) in [6, 6.07) is 12.9. The summed E-state index contributed by atoms with van der Waals surface area (Å²) in [5, 5.41) is 6.29. The highest BCUT2D eigenvalue weighted by Crippen LogP contribution is 2.32. The van der Waals surface area contributed by atoms with Crippen molar-refractivity contribution in [2.75, 3.05) is 18.5 Å². The Hall–Kier alpha value is -2.57. The van der Waals surface area contributed by atoms with Crippen LogP contribution < -0.4 is 14.8 Å². The molecule has 3 aromatic rings. The highest BCUT2D eigenvalue weighted by atomic mass is 35.5. The van der Waals surface area contributed by atoms with Crippen molar-refractivity contribution in [3.63, 3.8) is 0 Å². The van der Waals surface area contributed by atoms with E-state index in [2.05, 4.69) is 10.3 Å². The Bertz CT molecular complexity index is 973. The molecule has 0 aliphatic carbocycles. The molecule has 1 aliphatic heterocycles. The van der Waals surface area contributed by atoms with Crippen LogP contribution in [0, 0.1) is 0 Å². The smallest absolute Gasteiger partial charge is 0.230 e. The first-order chi connectivity index (χ1) is 13.2. The van der Waals surface area contributed by atoms with Gasteiger partial charge in [-0.05, 0) is 24.3 Å². The minimum Gasteiger partial charge on any atom is -0.490 e. The first kappa shape index (κ1) is 17.8. The van der Waals surface area contributed by atoms with Gasteiger partial charge in [-0.1, -0.05) is 23.7 Å². The van der Waals surface area contributed by atoms with Crippen molar-refractivity contribution in [2.45, 2.75) is 12.8 Å². The lowest BCUT2D eigenvalue weighted by molar-refractivity contribution is -0.115. The molecule has 0 radical (unpaired) electrons. The fourth-order valence-electron chi connectivity index (χ4n) is 2.75. The largest absolute Gasteiger partial charge is 0.490 e. The first-order valence-electron chi connectivity index (χ1n) is 8.57. The third-order valence-electron chi connectivity index (χ3n) is 4.00. The molecule has 0 fully saturated rings. The quantitative estimate of drug-likeness (QED) is 0.683. The molecule has 7 heteroatoms. The van der Waals surface area contributed by atoms with Crippen LogP contribution in [0.2, 0.25) is 5.02 Å². The Morgan fingerprint density at radius 1 is 1.15 bits per heavy atom. The Kier molecular flexibility index (Phi) is 5.27. The van der Waals surface area contributed by atoms with E-state index in [-0.39, 0.29) is 12.3 Å². The zero-order valence-corrected chi connectivity index (χ0v) is 16.0. The van der Waals surface area contributed by atoms with Gasteiger partial charge >= 0.3 is 0 Å². The SMILES string of the molecule is O=C(Cc1csc(-c2cccc(Cl)c2)n1)Nc1ccc2c(c1)OCCCO2. The van der Waals surface area contributed by atoms with Crippen molar-refractivity contribution in [2.24, 2.45) is 0 Å². The summed E-state index contributed by atoms with van der Waals surface area (Å²) in [6.45, 7) is 1.24. The van der Waals surface area contributed by atoms with Crippen LogP contribution in [0.3, 0.4) is 0 Å². The third kappa shape index (κ3) is 4.40. The maximum atomic E-state index is 12.4. The van der Waals surface area contributed by atoms with Crippen LogP contribution in [-0.4, -0.2) is 24.1 Å². The van der Waals surface area contributed by atoms with Gasteiger partial charge in [0.05, 0.1) is 25.3 Å². The van der Waals surface area contributed by atoms with Crippen molar-refractivity contribution < 1.29 is 14.3 Å². The molecular weight excluding hydrogens is 384 g/mol. The Morgan fingerprint density at radius 2 is 2.00 bits per heavy atom. The number of halogens is 1. The number of ether oxygens (including phenoxy) is 2. The molecule has 5 nitrogen and oxygen atoms in total. The molecule has 0 saturated carbocycles. The molecule has 1 N–H and O–H groups in total. The fourth-order valence-corrected chi connectivity index (χ4v) is 3.76. The second-order valence-electron chi connectivity index (χ2n) is 6.09. The van der Waals surface area contributed by atoms with Gasteiger partial charge in [0.25, 0.3) is 0 Å². The average molecular weight is 401 g/mol. The standard InChI is InChI=1S/C20H17ClN2O3S/c21-14-4-1-3-13(9-14)20-23-16(12-27-20)11-19(24)22-15-5-6-17-18(10-15)26-8-2-7-25-17/h1,3-6,9-10,12H,2,7-8,11H2,(H,22,24). The summed E-state index contributed by atoms with van der Waals surface area (Å²) in [5.41, 5.74) is 2.35. The highest BCUT2D eigenvalue weighted by molar-refractivity contribution is 7.13. The van der Waals surface area contributed by atoms with Crippen molar-refractivity contribution in [3.05, 3.63) is 58.6 Å². The molecule has 4 rings (SSSR count). The lowest BCUT2D eigenvalue weighted by atomic mass is 10.2. The summed E-state index contributed by atoms with van der Waals surface area (Å²) in [6.07, 6.45) is 1.04. The van der Waals surface area contributed by atoms with E-state index in [1.807, 2.05) is 41.8 Å². The topological polar surface area (TPSA) is 60.5 Å². The zero-order valence-electron chi connectivity index (χ0n) is 14.4. The molecule has 2 heterocycles. The second kappa shape index (κ2) is 7.98. The highest BCUT2D eigenvalue weighted by Gasteiger charge is 2.13. The predicted molar refractivity (Wildman–Crippen MR) is 107 cm³/mol. The molecule has 1 aromatic heterocycles. The molecule has 138 valence electrons. The minimum absolute atomic E-state index is 0.132. The molecule has 1 aliphatic rings. The number of rotatable bonds is 4. The summed E-state index contributed by atoms with van der Waals surface area (Å²) in [7, 11) is 0. The van der Waals surface area contributed by atoms with E-state index >= 15 is 0 Å². The number of hydrogen-bond acceptors (Lipinski definition) is 5. The number of hydrogen-bond donors (Lipinski definition) is 1. The van der Waals surface area contributed by atoms with E-state index in [1.54, 1.807) is 6.07 Å². The number of aromatic nitrogens is 1. The first-order valence-corrected chi connectivity index (χ1v) is 9.83. The lowest BCUT2D eigenvalue weighted by Gasteiger charge is -2.10. The van der Waals surface area contributed by atoms with Gasteiger partial charge in [0, 0.05) is 34.1 Å². The van der Waals surface area contributed by atoms with Crippen LogP contribution >= 0.6 is 22.9 Å². The average Bonchev–Trinajstić information content (AvgIpc) is 2.98. The number of anilines is 1. The summed E-state index contributed by atoms with van der Waals surface area (Å²) < 4.78 is 11.3. The number of nitrogens with zero attached hydrogens (tertiary/aromatic N) is 1. The van der Waals surface area contributed by atoms with Gasteiger partial charge in [0.1, 0.15) is 5.01 Å². The second-order valence-corrected chi connectivity index (χ2v) is 7.39. The minimum atomic E-state index is -0.132. The number of carbonyl (C=O) groups excluding carboxylic acids is 1. The van der Waals surface area contributed by atoms with Gasteiger partial charge in [-0.2, -0.15) is 0 Å². The molecule has 0 saturated heterocycles. The Labute approximate surface area is 165 Å². The van der Waals surface area contributed by atoms with E-state index in [9.17, 15) is 4.79 Å². The van der Waals surface area contributed by atoms with Crippen LogP contribution in [0.4, 0.5) is 5.69 Å². The monoisotopic (exact) mass is 400 g/mol. The van der Waals surface area contributed by atoms with Crippen molar-refractivity contribution in [1.29, 1.82) is 0 Å². The summed E-state index contributed by atoms with van der Waals surface area (Å²) in [4.78, 5) is 16.9. The number of fused-ring (bicyclic) bond motifs is 1. The molecule has 27 heavy (non-hydrogen) atoms. The molecular formula is C20H17ClN2O3S. The fraction of sp³-hybridized carbons (Fsp3) is 0.200. The van der Waals surface area contributed by atoms with Gasteiger partial charge in [0.2, 0.25) is 5.91 Å². The molecule has 1 amide bonds. The van der Waals surface area contributed by atoms with Gasteiger partial charge in [-0.25, -0.2) is 4.98 Å². The van der Waals surface area contributed by atoms with Gasteiger partial charge in [-0.15, -0.1) is 11.3 Å². The molecule has 0 spiro atoms. The van der Waals surface area contributed by atoms with Gasteiger partial charge < -0.3 is 14.8 Å². The van der Waals surface area contributed by atoms with E-state index in [4.69, 9.17) is 21.1 Å². The van der Waals surface area contributed by atoms with Crippen molar-refractivity contribution >= 4 is 34.5 Å². The van der Waals surface area contributed by atoms with E-state index < -0.39 is 0 Å². The lowest BCUT2D eigenvalue weighted by Crippen LogP contribution is -2.14. The van der Waals surface area contributed by atoms with Crippen LogP contribution in [0.25, 0.3) is 10.6 Å². The van der Waals surface area contributed by atoms with E-state index in [0.29, 0.717) is 35.4 Å². The van der Waals surface area contributed by atoms with Crippen LogP contribution in [0.15, 0.2) is 47.8 Å². The summed E-state index contributed by atoms with van der Waals surface area (Å²) in [5.74, 6) is 1.23. The predicted octanol–water partition coefficient (Wildman–Crippen LogP) is 4.81. The molecule has 0 unspecified atom stereocenters. The summed E-state index contributed by atoms with van der Waals surface area (Å²) >= 11 is 7.52. The maximum Gasteiger partial charge on any atom is 0.230 e. The number of thiazole rings is 1. The van der Waals surface area contributed by atoms with E-state index in [1.165, 1.54) is 11.3 Å². The third-order valence-corrected chi connectivity index (χ3v) is 5.17. The van der Waals surface area contributed by atoms with Crippen LogP contribution in [0.1, 0.15) is 12.1 Å². The Morgan fingerprint density at radius 3 is 2.85 bits per heavy atom. The number of benzene rings is 2. The molecule has 0 atom stereocenters. The Balaban J connectivity index is 1.42. The van der Waals surface area contributed by atoms with Crippen molar-refractivity contribution in [1.82, 2.24) is 4.98 Å². The normalized spacial score (nSPS) is 13.1. The van der Waals surface area contributed by atoms with Crippen molar-refractivity contribution in [3.8, 4) is 22.1 Å². The van der Waals surface area contributed by atoms with Gasteiger partial charge in [-0.3, -0.25) is 4.79 Å². The van der Waals surface area contributed by atoms with Crippen LogP contribution in [0.5, 0.6) is 11.5 Å². The number of amides is 1. The molecule has 2 aromatic carbocycles. The van der Waals surface area contributed by atoms with E-state index in [0.717, 1.165) is 22.7 Å². The zero-order chi connectivity index (χ0) is 18.6. The van der Waals surface area contributed by atoms with Crippen LogP contribution in [-0.2, 0) is 11.2 Å². The number of carbonyl (C=O) groups is 1. The molecule has 0 bridgehead atoms. The van der Waals surface area contributed by atoms with Gasteiger partial charge in [0.15, 0.2) is 11.5 Å². The number of nitrogens with one attached hydrogen (secondary N) is 1.